The molecular formula is C23H23Cl2N3O3S. The zero-order valence-corrected chi connectivity index (χ0v) is 19.9. The van der Waals surface area contributed by atoms with Crippen LogP contribution in [-0.2, 0) is 10.0 Å². The summed E-state index contributed by atoms with van der Waals surface area (Å²) in [7, 11) is -0.0974. The van der Waals surface area contributed by atoms with Crippen LogP contribution in [0.1, 0.15) is 22.0 Å². The molecule has 0 unspecified atom stereocenters. The highest BCUT2D eigenvalue weighted by molar-refractivity contribution is 7.92. The Kier molecular flexibility index (Phi) is 7.79. The maximum absolute atomic E-state index is 12.7. The normalized spacial score (nSPS) is 12.4. The number of carbonyl (C=O) groups excluding carboxylic acids is 1. The summed E-state index contributed by atoms with van der Waals surface area (Å²) < 4.78 is 27.9. The van der Waals surface area contributed by atoms with Gasteiger partial charge in [0.25, 0.3) is 15.9 Å². The van der Waals surface area contributed by atoms with Crippen LogP contribution >= 0.6 is 23.2 Å². The molecule has 3 aromatic carbocycles. The number of carbonyl (C=O) groups is 1. The second kappa shape index (κ2) is 10.4. The molecule has 1 amide bonds. The van der Waals surface area contributed by atoms with Crippen LogP contribution in [0.25, 0.3) is 0 Å². The average molecular weight is 492 g/mol. The zero-order chi connectivity index (χ0) is 23.3. The van der Waals surface area contributed by atoms with Gasteiger partial charge in [-0.15, -0.1) is 0 Å². The molecule has 0 aliphatic carbocycles. The lowest BCUT2D eigenvalue weighted by Gasteiger charge is -2.25. The molecule has 0 spiro atoms. The molecule has 0 saturated heterocycles. The lowest BCUT2D eigenvalue weighted by Crippen LogP contribution is -2.34. The van der Waals surface area contributed by atoms with Crippen molar-refractivity contribution in [1.29, 1.82) is 0 Å². The molecule has 1 atom stereocenters. The minimum absolute atomic E-state index is 0.00759. The third kappa shape index (κ3) is 6.01. The summed E-state index contributed by atoms with van der Waals surface area (Å²) in [4.78, 5) is 14.6. The summed E-state index contributed by atoms with van der Waals surface area (Å²) in [6.45, 7) is 0.393. The molecule has 0 aromatic heterocycles. The molecule has 3 rings (SSSR count). The van der Waals surface area contributed by atoms with E-state index in [0.29, 0.717) is 12.1 Å². The summed E-state index contributed by atoms with van der Waals surface area (Å²) in [6, 6.07) is 20.3. The van der Waals surface area contributed by atoms with Gasteiger partial charge in [0, 0.05) is 22.8 Å². The second-order valence-electron chi connectivity index (χ2n) is 7.36. The van der Waals surface area contributed by atoms with Crippen LogP contribution in [0.4, 0.5) is 5.69 Å². The van der Waals surface area contributed by atoms with E-state index < -0.39 is 10.0 Å². The number of halogens is 2. The van der Waals surface area contributed by atoms with Gasteiger partial charge >= 0.3 is 0 Å². The van der Waals surface area contributed by atoms with Crippen molar-refractivity contribution in [2.45, 2.75) is 10.9 Å². The molecule has 2 N–H and O–H groups in total. The summed E-state index contributed by atoms with van der Waals surface area (Å²) in [5.74, 6) is -0.311. The molecule has 6 nitrogen and oxygen atoms in total. The van der Waals surface area contributed by atoms with Crippen molar-refractivity contribution in [3.8, 4) is 0 Å². The predicted molar refractivity (Wildman–Crippen MR) is 129 cm³/mol. The van der Waals surface area contributed by atoms with Gasteiger partial charge in [0.2, 0.25) is 0 Å². The monoisotopic (exact) mass is 491 g/mol. The van der Waals surface area contributed by atoms with Gasteiger partial charge in [-0.05, 0) is 56.1 Å². The number of sulfonamides is 1. The van der Waals surface area contributed by atoms with E-state index in [9.17, 15) is 13.2 Å². The quantitative estimate of drug-likeness (QED) is 0.473. The Morgan fingerprint density at radius 1 is 0.969 bits per heavy atom. The van der Waals surface area contributed by atoms with Crippen LogP contribution in [-0.4, -0.2) is 39.9 Å². The standard InChI is InChI=1S/C23H23Cl2N3O3S/c1-28(2)21(16-7-4-3-5-8-16)15-26-23(29)17-9-6-10-19(13-17)27-32(30,31)22-14-18(24)11-12-20(22)25/h3-14,21,27H,15H2,1-2H3,(H,26,29)/t21-/m1/s1. The van der Waals surface area contributed by atoms with Gasteiger partial charge in [-0.3, -0.25) is 9.52 Å². The Morgan fingerprint density at radius 3 is 2.38 bits per heavy atom. The maximum Gasteiger partial charge on any atom is 0.263 e. The SMILES string of the molecule is CN(C)[C@H](CNC(=O)c1cccc(NS(=O)(=O)c2cc(Cl)ccc2Cl)c1)c1ccccc1. The van der Waals surface area contributed by atoms with Gasteiger partial charge in [-0.2, -0.15) is 0 Å². The number of amides is 1. The molecule has 0 aliphatic rings. The van der Waals surface area contributed by atoms with Crippen LogP contribution < -0.4 is 10.0 Å². The van der Waals surface area contributed by atoms with E-state index in [-0.39, 0.29) is 32.6 Å². The number of nitrogens with zero attached hydrogens (tertiary/aromatic N) is 1. The van der Waals surface area contributed by atoms with Gasteiger partial charge in [0.15, 0.2) is 0 Å². The van der Waals surface area contributed by atoms with E-state index in [1.54, 1.807) is 18.2 Å². The molecule has 0 heterocycles. The molecular weight excluding hydrogens is 469 g/mol. The third-order valence-corrected chi connectivity index (χ3v) is 6.92. The van der Waals surface area contributed by atoms with Crippen molar-refractivity contribution in [2.24, 2.45) is 0 Å². The highest BCUT2D eigenvalue weighted by atomic mass is 35.5. The summed E-state index contributed by atoms with van der Waals surface area (Å²) >= 11 is 11.9. The minimum atomic E-state index is -3.99. The van der Waals surface area contributed by atoms with Crippen molar-refractivity contribution in [3.05, 3.63) is 94.0 Å². The first kappa shape index (κ1) is 24.1. The first-order valence-corrected chi connectivity index (χ1v) is 12.0. The summed E-state index contributed by atoms with van der Waals surface area (Å²) in [6.07, 6.45) is 0. The third-order valence-electron chi connectivity index (χ3n) is 4.82. The lowest BCUT2D eigenvalue weighted by molar-refractivity contribution is 0.0942. The molecule has 3 aromatic rings. The van der Waals surface area contributed by atoms with Crippen LogP contribution in [0.3, 0.4) is 0 Å². The fourth-order valence-corrected chi connectivity index (χ4v) is 5.00. The van der Waals surface area contributed by atoms with Crippen LogP contribution in [0.15, 0.2) is 77.7 Å². The number of nitrogens with one attached hydrogen (secondary N) is 2. The van der Waals surface area contributed by atoms with E-state index in [4.69, 9.17) is 23.2 Å². The topological polar surface area (TPSA) is 78.5 Å². The highest BCUT2D eigenvalue weighted by Crippen LogP contribution is 2.27. The molecule has 0 fully saturated rings. The molecule has 0 radical (unpaired) electrons. The molecule has 0 bridgehead atoms. The number of rotatable bonds is 8. The number of likely N-dealkylation sites (N-methyl/N-ethyl adjacent to an activating group) is 1. The van der Waals surface area contributed by atoms with Crippen molar-refractivity contribution >= 4 is 44.8 Å². The van der Waals surface area contributed by atoms with Gasteiger partial charge in [-0.25, -0.2) is 8.42 Å². The number of benzene rings is 3. The van der Waals surface area contributed by atoms with Gasteiger partial charge < -0.3 is 10.2 Å². The van der Waals surface area contributed by atoms with Crippen LogP contribution in [0.5, 0.6) is 0 Å². The Balaban J connectivity index is 1.74. The van der Waals surface area contributed by atoms with Crippen LogP contribution in [0.2, 0.25) is 10.0 Å². The first-order valence-electron chi connectivity index (χ1n) is 9.75. The van der Waals surface area contributed by atoms with Crippen LogP contribution in [0, 0.1) is 0 Å². The lowest BCUT2D eigenvalue weighted by atomic mass is 10.1. The Morgan fingerprint density at radius 2 is 1.69 bits per heavy atom. The predicted octanol–water partition coefficient (Wildman–Crippen LogP) is 4.83. The fourth-order valence-electron chi connectivity index (χ4n) is 3.18. The molecule has 9 heteroatoms. The van der Waals surface area contributed by atoms with E-state index >= 15 is 0 Å². The van der Waals surface area contributed by atoms with E-state index in [1.165, 1.54) is 24.3 Å². The Hall–Kier alpha value is -2.58. The Bertz CT molecular complexity index is 1200. The molecule has 0 saturated carbocycles. The number of hydrogen-bond donors (Lipinski definition) is 2. The smallest absolute Gasteiger partial charge is 0.263 e. The van der Waals surface area contributed by atoms with Crippen molar-refractivity contribution in [1.82, 2.24) is 10.2 Å². The fraction of sp³-hybridized carbons (Fsp3) is 0.174. The van der Waals surface area contributed by atoms with E-state index in [0.717, 1.165) is 5.56 Å². The van der Waals surface area contributed by atoms with E-state index in [1.807, 2.05) is 49.3 Å². The molecule has 0 aliphatic heterocycles. The second-order valence-corrected chi connectivity index (χ2v) is 9.86. The van der Waals surface area contributed by atoms with Gasteiger partial charge in [0.05, 0.1) is 11.1 Å². The largest absolute Gasteiger partial charge is 0.350 e. The minimum Gasteiger partial charge on any atom is -0.350 e. The van der Waals surface area contributed by atoms with Crippen molar-refractivity contribution in [2.75, 3.05) is 25.4 Å². The van der Waals surface area contributed by atoms with Gasteiger partial charge in [-0.1, -0.05) is 59.6 Å². The maximum atomic E-state index is 12.7. The summed E-state index contributed by atoms with van der Waals surface area (Å²) in [5.41, 5.74) is 1.64. The first-order chi connectivity index (χ1) is 15.2. The van der Waals surface area contributed by atoms with Crippen molar-refractivity contribution in [3.63, 3.8) is 0 Å². The van der Waals surface area contributed by atoms with E-state index in [2.05, 4.69) is 10.0 Å². The molecule has 32 heavy (non-hydrogen) atoms. The highest BCUT2D eigenvalue weighted by Gasteiger charge is 2.20. The Labute approximate surface area is 198 Å². The van der Waals surface area contributed by atoms with Gasteiger partial charge in [0.1, 0.15) is 4.90 Å². The zero-order valence-electron chi connectivity index (χ0n) is 17.5. The number of anilines is 1. The average Bonchev–Trinajstić information content (AvgIpc) is 2.75. The summed E-state index contributed by atoms with van der Waals surface area (Å²) in [5, 5.41) is 3.22. The number of hydrogen-bond acceptors (Lipinski definition) is 4. The molecule has 168 valence electrons. The van der Waals surface area contributed by atoms with Crippen molar-refractivity contribution < 1.29 is 13.2 Å².